The highest BCUT2D eigenvalue weighted by atomic mass is 16.5. The zero-order valence-corrected chi connectivity index (χ0v) is 16.8. The van der Waals surface area contributed by atoms with Gasteiger partial charge in [0.25, 0.3) is 0 Å². The fraction of sp³-hybridized carbons (Fsp3) is 0.727. The van der Waals surface area contributed by atoms with E-state index in [4.69, 9.17) is 16.3 Å². The summed E-state index contributed by atoms with van der Waals surface area (Å²) in [6.07, 6.45) is 12.9. The largest absolute Gasteiger partial charge is 0.392 e. The monoisotopic (exact) mass is 364 g/mol. The van der Waals surface area contributed by atoms with Crippen molar-refractivity contribution in [3.05, 3.63) is 23.3 Å². The third-order valence-corrected chi connectivity index (χ3v) is 5.61. The number of aliphatic hydroxyl groups excluding tert-OH is 2. The molecule has 0 aromatic rings. The van der Waals surface area contributed by atoms with Gasteiger partial charge in [0.05, 0.1) is 24.9 Å². The summed E-state index contributed by atoms with van der Waals surface area (Å²) in [5.74, 6) is 2.53. The lowest BCUT2D eigenvalue weighted by Crippen LogP contribution is -2.41. The first-order valence-electron chi connectivity index (χ1n) is 9.61. The molecule has 0 spiro atoms. The number of rotatable bonds is 8. The second-order valence-corrected chi connectivity index (χ2v) is 8.05. The molecule has 4 nitrogen and oxygen atoms in total. The second-order valence-electron chi connectivity index (χ2n) is 8.05. The van der Waals surface area contributed by atoms with E-state index in [-0.39, 0.29) is 12.5 Å². The van der Waals surface area contributed by atoms with Crippen LogP contribution in [0.1, 0.15) is 66.2 Å². The lowest BCUT2D eigenvalue weighted by Gasteiger charge is -2.34. The van der Waals surface area contributed by atoms with Crippen LogP contribution in [0, 0.1) is 18.3 Å². The summed E-state index contributed by atoms with van der Waals surface area (Å²) in [6, 6.07) is 0. The summed E-state index contributed by atoms with van der Waals surface area (Å²) in [5, 5.41) is 30.3. The Morgan fingerprint density at radius 1 is 1.50 bits per heavy atom. The smallest absolute Gasteiger partial charge is 0.131 e. The molecule has 2 unspecified atom stereocenters. The first kappa shape index (κ1) is 22.9. The standard InChI is InChI=1S/C22H36O4/c1-6-22(25,14-11-17(2)3)18(4)8-7-13-21(5)20(24)10-9-19(12-15-23)16-26-21/h1,11-12,18,20,23-25H,7-10,13-16H2,2-5H3/t18?,20-,21+,22?/m1/s1. The van der Waals surface area contributed by atoms with Gasteiger partial charge in [-0.1, -0.05) is 37.0 Å². The average Bonchev–Trinajstić information content (AvgIpc) is 2.74. The number of aliphatic hydroxyl groups is 3. The highest BCUT2D eigenvalue weighted by Crippen LogP contribution is 2.33. The van der Waals surface area contributed by atoms with E-state index in [1.807, 2.05) is 33.8 Å². The zero-order chi connectivity index (χ0) is 19.8. The minimum Gasteiger partial charge on any atom is -0.392 e. The van der Waals surface area contributed by atoms with Crippen LogP contribution in [-0.2, 0) is 4.74 Å². The SMILES string of the molecule is C#CC(O)(CC=C(C)C)C(C)CCC[C@]1(C)OCC(=CCO)CC[C@H]1O. The Labute approximate surface area is 159 Å². The lowest BCUT2D eigenvalue weighted by atomic mass is 9.81. The number of ether oxygens (including phenoxy) is 1. The minimum absolute atomic E-state index is 0.000625. The van der Waals surface area contributed by atoms with Gasteiger partial charge in [0.1, 0.15) is 5.60 Å². The van der Waals surface area contributed by atoms with Gasteiger partial charge in [-0.25, -0.2) is 0 Å². The molecule has 1 saturated heterocycles. The normalized spacial score (nSPS) is 28.7. The Hall–Kier alpha value is -1.12. The van der Waals surface area contributed by atoms with Gasteiger partial charge in [-0.3, -0.25) is 0 Å². The summed E-state index contributed by atoms with van der Waals surface area (Å²) in [4.78, 5) is 0. The van der Waals surface area contributed by atoms with Crippen LogP contribution in [-0.4, -0.2) is 45.8 Å². The van der Waals surface area contributed by atoms with Crippen LogP contribution in [0.2, 0.25) is 0 Å². The molecule has 0 bridgehead atoms. The van der Waals surface area contributed by atoms with Gasteiger partial charge in [-0.05, 0) is 57.9 Å². The van der Waals surface area contributed by atoms with Crippen molar-refractivity contribution in [3.63, 3.8) is 0 Å². The van der Waals surface area contributed by atoms with Crippen LogP contribution >= 0.6 is 0 Å². The highest BCUT2D eigenvalue weighted by Gasteiger charge is 2.37. The van der Waals surface area contributed by atoms with Crippen molar-refractivity contribution in [3.8, 4) is 12.3 Å². The van der Waals surface area contributed by atoms with E-state index >= 15 is 0 Å². The van der Waals surface area contributed by atoms with E-state index in [2.05, 4.69) is 5.92 Å². The molecule has 1 rings (SSSR count). The summed E-state index contributed by atoms with van der Waals surface area (Å²) in [6.45, 7) is 8.35. The molecule has 0 radical (unpaired) electrons. The van der Waals surface area contributed by atoms with Crippen LogP contribution < -0.4 is 0 Å². The molecule has 26 heavy (non-hydrogen) atoms. The van der Waals surface area contributed by atoms with E-state index in [1.165, 1.54) is 0 Å². The van der Waals surface area contributed by atoms with Crippen LogP contribution in [0.5, 0.6) is 0 Å². The van der Waals surface area contributed by atoms with E-state index in [0.29, 0.717) is 25.9 Å². The van der Waals surface area contributed by atoms with Crippen molar-refractivity contribution >= 4 is 0 Å². The first-order valence-corrected chi connectivity index (χ1v) is 9.61. The maximum atomic E-state index is 10.7. The molecule has 148 valence electrons. The van der Waals surface area contributed by atoms with Crippen LogP contribution in [0.15, 0.2) is 23.3 Å². The molecular formula is C22H36O4. The zero-order valence-electron chi connectivity index (χ0n) is 16.8. The third kappa shape index (κ3) is 6.55. The predicted molar refractivity (Wildman–Crippen MR) is 106 cm³/mol. The van der Waals surface area contributed by atoms with Crippen LogP contribution in [0.25, 0.3) is 0 Å². The number of hydrogen-bond acceptors (Lipinski definition) is 4. The van der Waals surface area contributed by atoms with E-state index in [0.717, 1.165) is 30.4 Å². The molecule has 0 aromatic carbocycles. The Kier molecular flexibility index (Phi) is 9.06. The number of hydrogen-bond donors (Lipinski definition) is 3. The molecule has 0 aliphatic carbocycles. The van der Waals surface area contributed by atoms with Crippen molar-refractivity contribution < 1.29 is 20.1 Å². The molecule has 0 saturated carbocycles. The molecule has 0 aromatic heterocycles. The fourth-order valence-electron chi connectivity index (χ4n) is 3.34. The van der Waals surface area contributed by atoms with Crippen molar-refractivity contribution in [2.24, 2.45) is 5.92 Å². The summed E-state index contributed by atoms with van der Waals surface area (Å²) in [7, 11) is 0. The second kappa shape index (κ2) is 10.3. The predicted octanol–water partition coefficient (Wildman–Crippen LogP) is 3.36. The van der Waals surface area contributed by atoms with Crippen molar-refractivity contribution in [1.82, 2.24) is 0 Å². The minimum atomic E-state index is -1.14. The summed E-state index contributed by atoms with van der Waals surface area (Å²) in [5.41, 5.74) is 0.420. The summed E-state index contributed by atoms with van der Waals surface area (Å²) >= 11 is 0. The quantitative estimate of drug-likeness (QED) is 0.456. The van der Waals surface area contributed by atoms with Crippen molar-refractivity contribution in [2.45, 2.75) is 83.5 Å². The lowest BCUT2D eigenvalue weighted by molar-refractivity contribution is -0.105. The molecule has 0 amide bonds. The fourth-order valence-corrected chi connectivity index (χ4v) is 3.34. The van der Waals surface area contributed by atoms with Gasteiger partial charge in [0, 0.05) is 6.42 Å². The molecule has 4 heteroatoms. The molecule has 1 aliphatic rings. The molecule has 1 fully saturated rings. The Balaban J connectivity index is 2.63. The van der Waals surface area contributed by atoms with E-state index < -0.39 is 17.3 Å². The Morgan fingerprint density at radius 2 is 2.19 bits per heavy atom. The third-order valence-electron chi connectivity index (χ3n) is 5.61. The first-order chi connectivity index (χ1) is 12.2. The van der Waals surface area contributed by atoms with Gasteiger partial charge < -0.3 is 20.1 Å². The van der Waals surface area contributed by atoms with E-state index in [9.17, 15) is 10.2 Å². The topological polar surface area (TPSA) is 69.9 Å². The van der Waals surface area contributed by atoms with Crippen molar-refractivity contribution in [2.75, 3.05) is 13.2 Å². The molecule has 4 atom stereocenters. The van der Waals surface area contributed by atoms with Crippen molar-refractivity contribution in [1.29, 1.82) is 0 Å². The Bertz CT molecular complexity index is 541. The number of allylic oxidation sites excluding steroid dienone is 1. The molecule has 1 aliphatic heterocycles. The highest BCUT2D eigenvalue weighted by molar-refractivity contribution is 5.14. The maximum Gasteiger partial charge on any atom is 0.131 e. The van der Waals surface area contributed by atoms with Gasteiger partial charge in [-0.15, -0.1) is 6.42 Å². The van der Waals surface area contributed by atoms with Gasteiger partial charge in [0.2, 0.25) is 0 Å². The average molecular weight is 365 g/mol. The molecule has 3 N–H and O–H groups in total. The molecular weight excluding hydrogens is 328 g/mol. The maximum absolute atomic E-state index is 10.7. The van der Waals surface area contributed by atoms with E-state index in [1.54, 1.807) is 6.08 Å². The number of terminal acetylenes is 1. The molecule has 1 heterocycles. The van der Waals surface area contributed by atoms with Crippen LogP contribution in [0.4, 0.5) is 0 Å². The Morgan fingerprint density at radius 3 is 2.77 bits per heavy atom. The van der Waals surface area contributed by atoms with Gasteiger partial charge in [-0.2, -0.15) is 0 Å². The van der Waals surface area contributed by atoms with Gasteiger partial charge >= 0.3 is 0 Å². The summed E-state index contributed by atoms with van der Waals surface area (Å²) < 4.78 is 6.00. The van der Waals surface area contributed by atoms with Crippen LogP contribution in [0.3, 0.4) is 0 Å². The van der Waals surface area contributed by atoms with Gasteiger partial charge in [0.15, 0.2) is 0 Å².